The summed E-state index contributed by atoms with van der Waals surface area (Å²) in [5.74, 6) is 3.28. The zero-order chi connectivity index (χ0) is 23.7. The molecule has 6 rings (SSSR count). The average Bonchev–Trinajstić information content (AvgIpc) is 2.83. The van der Waals surface area contributed by atoms with E-state index in [4.69, 9.17) is 9.47 Å². The van der Waals surface area contributed by atoms with Gasteiger partial charge in [-0.1, -0.05) is 12.1 Å². The van der Waals surface area contributed by atoms with Gasteiger partial charge in [0, 0.05) is 32.2 Å². The van der Waals surface area contributed by atoms with Crippen LogP contribution in [0.5, 0.6) is 5.75 Å². The quantitative estimate of drug-likeness (QED) is 0.634. The third kappa shape index (κ3) is 4.77. The van der Waals surface area contributed by atoms with Crippen LogP contribution in [0.25, 0.3) is 0 Å². The molecule has 0 unspecified atom stereocenters. The van der Waals surface area contributed by atoms with Crippen LogP contribution in [0, 0.1) is 23.2 Å². The first-order chi connectivity index (χ1) is 16.5. The molecule has 0 aromatic heterocycles. The summed E-state index contributed by atoms with van der Waals surface area (Å²) in [5.41, 5.74) is 1.33. The Morgan fingerprint density at radius 2 is 1.62 bits per heavy atom. The van der Waals surface area contributed by atoms with Gasteiger partial charge in [-0.05, 0) is 80.8 Å². The van der Waals surface area contributed by atoms with E-state index < -0.39 is 0 Å². The minimum absolute atomic E-state index is 0.0478. The predicted octanol–water partition coefficient (Wildman–Crippen LogP) is 3.08. The maximum absolute atomic E-state index is 12.6. The number of carbonyl (C=O) groups is 2. The Labute approximate surface area is 203 Å². The monoisotopic (exact) mass is 469 g/mol. The Bertz CT molecular complexity index is 860. The molecule has 1 saturated heterocycles. The second-order valence-corrected chi connectivity index (χ2v) is 11.1. The van der Waals surface area contributed by atoms with Crippen molar-refractivity contribution < 1.29 is 19.1 Å². The maximum Gasteiger partial charge on any atom is 0.248 e. The van der Waals surface area contributed by atoms with Gasteiger partial charge in [-0.15, -0.1) is 0 Å². The van der Waals surface area contributed by atoms with Gasteiger partial charge in [-0.2, -0.15) is 0 Å². The van der Waals surface area contributed by atoms with Crippen molar-refractivity contribution in [2.75, 3.05) is 51.4 Å². The minimum atomic E-state index is -0.1000. The molecule has 0 spiro atoms. The molecule has 4 bridgehead atoms. The summed E-state index contributed by atoms with van der Waals surface area (Å²) in [6.45, 7) is 4.84. The Hall–Kier alpha value is -2.28. The van der Waals surface area contributed by atoms with E-state index in [2.05, 4.69) is 17.1 Å². The molecule has 4 saturated carbocycles. The summed E-state index contributed by atoms with van der Waals surface area (Å²) in [7, 11) is 1.68. The number of anilines is 1. The molecule has 5 fully saturated rings. The van der Waals surface area contributed by atoms with Crippen molar-refractivity contribution in [1.82, 2.24) is 10.2 Å². The molecule has 2 amide bonds. The topological polar surface area (TPSA) is 71.1 Å². The molecule has 1 atom stereocenters. The second-order valence-electron chi connectivity index (χ2n) is 11.1. The lowest BCUT2D eigenvalue weighted by Crippen LogP contribution is -2.56. The number of ether oxygens (including phenoxy) is 2. The summed E-state index contributed by atoms with van der Waals surface area (Å²) in [6, 6.07) is 8.13. The number of para-hydroxylation sites is 2. The van der Waals surface area contributed by atoms with Gasteiger partial charge in [-0.25, -0.2) is 0 Å². The molecule has 1 aromatic rings. The lowest BCUT2D eigenvalue weighted by Gasteiger charge is -2.59. The van der Waals surface area contributed by atoms with Gasteiger partial charge in [0.05, 0.1) is 12.8 Å². The highest BCUT2D eigenvalue weighted by Crippen LogP contribution is 2.61. The minimum Gasteiger partial charge on any atom is -0.495 e. The van der Waals surface area contributed by atoms with E-state index in [9.17, 15) is 9.59 Å². The lowest BCUT2D eigenvalue weighted by molar-refractivity contribution is -0.139. The maximum atomic E-state index is 12.6. The summed E-state index contributed by atoms with van der Waals surface area (Å²) >= 11 is 0. The van der Waals surface area contributed by atoms with Crippen LogP contribution in [-0.4, -0.2) is 69.3 Å². The van der Waals surface area contributed by atoms with E-state index >= 15 is 0 Å². The first-order valence-electron chi connectivity index (χ1n) is 13.0. The highest BCUT2D eigenvalue weighted by Gasteiger charge is 2.53. The Balaban J connectivity index is 1.04. The summed E-state index contributed by atoms with van der Waals surface area (Å²) in [4.78, 5) is 29.3. The smallest absolute Gasteiger partial charge is 0.248 e. The molecule has 1 aliphatic heterocycles. The van der Waals surface area contributed by atoms with Crippen molar-refractivity contribution in [3.05, 3.63) is 24.3 Å². The van der Waals surface area contributed by atoms with Gasteiger partial charge in [0.1, 0.15) is 19.0 Å². The van der Waals surface area contributed by atoms with Crippen LogP contribution in [-0.2, 0) is 14.3 Å². The number of hydrogen-bond donors (Lipinski definition) is 1. The van der Waals surface area contributed by atoms with E-state index in [1.165, 1.54) is 38.5 Å². The Morgan fingerprint density at radius 3 is 2.24 bits per heavy atom. The first-order valence-corrected chi connectivity index (χ1v) is 13.0. The molecule has 1 N–H and O–H groups in total. The summed E-state index contributed by atoms with van der Waals surface area (Å²) in [5, 5.41) is 3.22. The standard InChI is InChI=1S/C27H39N3O4/c1-19(27-14-20-11-21(15-27)13-22(12-20)16-27)28-25(31)17-34-18-26(32)30-9-7-29(8-10-30)23-5-3-4-6-24(23)33-2/h3-6,19-22H,7-18H2,1-2H3,(H,28,31)/t19-,20?,21?,22?,27?/m0/s1. The fourth-order valence-corrected chi connectivity index (χ4v) is 7.55. The molecular formula is C27H39N3O4. The molecule has 4 aliphatic carbocycles. The molecule has 7 heteroatoms. The molecule has 1 aromatic carbocycles. The molecular weight excluding hydrogens is 430 g/mol. The molecule has 1 heterocycles. The normalized spacial score (nSPS) is 30.8. The Morgan fingerprint density at radius 1 is 1.00 bits per heavy atom. The van der Waals surface area contributed by atoms with Crippen molar-refractivity contribution in [1.29, 1.82) is 0 Å². The van der Waals surface area contributed by atoms with Crippen LogP contribution in [0.2, 0.25) is 0 Å². The largest absolute Gasteiger partial charge is 0.495 e. The second kappa shape index (κ2) is 9.76. The van der Waals surface area contributed by atoms with Crippen LogP contribution < -0.4 is 15.0 Å². The number of nitrogens with zero attached hydrogens (tertiary/aromatic N) is 2. The fourth-order valence-electron chi connectivity index (χ4n) is 7.55. The van der Waals surface area contributed by atoms with E-state index in [0.29, 0.717) is 13.1 Å². The SMILES string of the molecule is COc1ccccc1N1CCN(C(=O)COCC(=O)N[C@@H](C)C23CC4CC(CC(C4)C2)C3)CC1. The van der Waals surface area contributed by atoms with Crippen LogP contribution >= 0.6 is 0 Å². The molecule has 34 heavy (non-hydrogen) atoms. The Kier molecular flexibility index (Phi) is 6.74. The van der Waals surface area contributed by atoms with Crippen molar-refractivity contribution >= 4 is 17.5 Å². The lowest BCUT2D eigenvalue weighted by atomic mass is 9.48. The van der Waals surface area contributed by atoms with Gasteiger partial charge < -0.3 is 24.6 Å². The number of rotatable bonds is 8. The fraction of sp³-hybridized carbons (Fsp3) is 0.704. The van der Waals surface area contributed by atoms with Crippen LogP contribution in [0.15, 0.2) is 24.3 Å². The number of piperazine rings is 1. The third-order valence-corrected chi connectivity index (χ3v) is 8.90. The molecule has 0 radical (unpaired) electrons. The van der Waals surface area contributed by atoms with Crippen LogP contribution in [0.4, 0.5) is 5.69 Å². The van der Waals surface area contributed by atoms with Crippen molar-refractivity contribution in [2.45, 2.75) is 51.5 Å². The van der Waals surface area contributed by atoms with E-state index in [-0.39, 0.29) is 36.5 Å². The summed E-state index contributed by atoms with van der Waals surface area (Å²) < 4.78 is 11.0. The van der Waals surface area contributed by atoms with Crippen LogP contribution in [0.3, 0.4) is 0 Å². The number of methoxy groups -OCH3 is 1. The first kappa shape index (κ1) is 23.5. The number of carbonyl (C=O) groups excluding carboxylic acids is 2. The summed E-state index contributed by atoms with van der Waals surface area (Å²) in [6.07, 6.45) is 8.00. The average molecular weight is 470 g/mol. The van der Waals surface area contributed by atoms with Crippen molar-refractivity contribution in [3.63, 3.8) is 0 Å². The van der Waals surface area contributed by atoms with Gasteiger partial charge >= 0.3 is 0 Å². The highest BCUT2D eigenvalue weighted by molar-refractivity contribution is 5.80. The van der Waals surface area contributed by atoms with Gasteiger partial charge in [-0.3, -0.25) is 9.59 Å². The van der Waals surface area contributed by atoms with Crippen molar-refractivity contribution in [2.24, 2.45) is 23.2 Å². The van der Waals surface area contributed by atoms with Gasteiger partial charge in [0.2, 0.25) is 11.8 Å². The number of benzene rings is 1. The van der Waals surface area contributed by atoms with E-state index in [0.717, 1.165) is 42.3 Å². The number of nitrogens with one attached hydrogen (secondary N) is 1. The van der Waals surface area contributed by atoms with Gasteiger partial charge in [0.25, 0.3) is 0 Å². The third-order valence-electron chi connectivity index (χ3n) is 8.90. The predicted molar refractivity (Wildman–Crippen MR) is 131 cm³/mol. The van der Waals surface area contributed by atoms with Crippen LogP contribution in [0.1, 0.15) is 45.4 Å². The molecule has 7 nitrogen and oxygen atoms in total. The van der Waals surface area contributed by atoms with Gasteiger partial charge in [0.15, 0.2) is 0 Å². The zero-order valence-corrected chi connectivity index (χ0v) is 20.6. The number of amides is 2. The number of hydrogen-bond acceptors (Lipinski definition) is 5. The zero-order valence-electron chi connectivity index (χ0n) is 20.6. The molecule has 5 aliphatic rings. The van der Waals surface area contributed by atoms with E-state index in [1.807, 2.05) is 29.2 Å². The van der Waals surface area contributed by atoms with Crippen molar-refractivity contribution in [3.8, 4) is 5.75 Å². The van der Waals surface area contributed by atoms with E-state index in [1.54, 1.807) is 7.11 Å². The highest BCUT2D eigenvalue weighted by atomic mass is 16.5. The molecule has 186 valence electrons.